The van der Waals surface area contributed by atoms with Gasteiger partial charge in [0.15, 0.2) is 23.0 Å². The number of furan rings is 1. The molecule has 6 heteroatoms. The van der Waals surface area contributed by atoms with Crippen molar-refractivity contribution in [3.8, 4) is 11.5 Å². The van der Waals surface area contributed by atoms with E-state index >= 15 is 0 Å². The number of hydrogen-bond acceptors (Lipinski definition) is 5. The summed E-state index contributed by atoms with van der Waals surface area (Å²) in [6, 6.07) is 14.6. The van der Waals surface area contributed by atoms with Crippen molar-refractivity contribution in [2.75, 3.05) is 12.4 Å². The predicted molar refractivity (Wildman–Crippen MR) is 101 cm³/mol. The first-order chi connectivity index (χ1) is 13.1. The zero-order valence-electron chi connectivity index (χ0n) is 14.5. The Morgan fingerprint density at radius 3 is 2.70 bits per heavy atom. The number of nitrogens with one attached hydrogen (secondary N) is 1. The molecule has 1 aromatic heterocycles. The fraction of sp³-hybridized carbons (Fsp3) is 0.0476. The minimum absolute atomic E-state index is 0.0287. The monoisotopic (exact) mass is 363 g/mol. The number of benzene rings is 2. The molecule has 0 aliphatic rings. The molecule has 1 amide bonds. The van der Waals surface area contributed by atoms with Crippen molar-refractivity contribution in [1.82, 2.24) is 0 Å². The van der Waals surface area contributed by atoms with Gasteiger partial charge in [0.2, 0.25) is 0 Å². The Bertz CT molecular complexity index is 990. The topological polar surface area (TPSA) is 88.8 Å². The fourth-order valence-electron chi connectivity index (χ4n) is 2.42. The normalized spacial score (nSPS) is 10.7. The van der Waals surface area contributed by atoms with Gasteiger partial charge >= 0.3 is 0 Å². The van der Waals surface area contributed by atoms with Crippen LogP contribution < -0.4 is 10.1 Å². The molecular formula is C21H17NO5. The van der Waals surface area contributed by atoms with Gasteiger partial charge in [-0.15, -0.1) is 0 Å². The molecule has 0 aliphatic carbocycles. The number of phenolic OH excluding ortho intramolecular Hbond substituents is 1. The third-order valence-electron chi connectivity index (χ3n) is 3.78. The van der Waals surface area contributed by atoms with E-state index in [0.29, 0.717) is 22.6 Å². The van der Waals surface area contributed by atoms with Gasteiger partial charge in [0.1, 0.15) is 0 Å². The van der Waals surface area contributed by atoms with E-state index in [-0.39, 0.29) is 17.3 Å². The van der Waals surface area contributed by atoms with Crippen LogP contribution in [0.2, 0.25) is 0 Å². The Hall–Kier alpha value is -3.80. The number of carbonyl (C=O) groups is 2. The lowest BCUT2D eigenvalue weighted by molar-refractivity contribution is 0.0994. The highest BCUT2D eigenvalue weighted by molar-refractivity contribution is 6.08. The van der Waals surface area contributed by atoms with Crippen molar-refractivity contribution >= 4 is 23.5 Å². The van der Waals surface area contributed by atoms with Crippen LogP contribution in [0.3, 0.4) is 0 Å². The lowest BCUT2D eigenvalue weighted by atomic mass is 10.1. The number of aromatic hydroxyl groups is 1. The maximum atomic E-state index is 12.4. The second-order valence-electron chi connectivity index (χ2n) is 5.64. The van der Waals surface area contributed by atoms with Crippen molar-refractivity contribution in [3.05, 3.63) is 83.8 Å². The summed E-state index contributed by atoms with van der Waals surface area (Å²) < 4.78 is 10.1. The van der Waals surface area contributed by atoms with Gasteiger partial charge in [0.05, 0.1) is 13.4 Å². The molecule has 1 heterocycles. The molecule has 0 radical (unpaired) electrons. The molecule has 0 atom stereocenters. The maximum Gasteiger partial charge on any atom is 0.291 e. The molecule has 3 rings (SSSR count). The minimum atomic E-state index is -0.392. The Morgan fingerprint density at radius 2 is 1.96 bits per heavy atom. The third-order valence-corrected chi connectivity index (χ3v) is 3.78. The molecule has 0 aliphatic heterocycles. The number of hydrogen-bond donors (Lipinski definition) is 2. The average Bonchev–Trinajstić information content (AvgIpc) is 3.22. The third kappa shape index (κ3) is 4.43. The van der Waals surface area contributed by atoms with Crippen molar-refractivity contribution in [2.24, 2.45) is 0 Å². The number of rotatable bonds is 6. The summed E-state index contributed by atoms with van der Waals surface area (Å²) >= 11 is 0. The smallest absolute Gasteiger partial charge is 0.291 e. The first kappa shape index (κ1) is 18.0. The van der Waals surface area contributed by atoms with Gasteiger partial charge in [-0.1, -0.05) is 24.3 Å². The summed E-state index contributed by atoms with van der Waals surface area (Å²) in [5.41, 5.74) is 1.62. The van der Waals surface area contributed by atoms with E-state index in [1.54, 1.807) is 54.6 Å². The predicted octanol–water partition coefficient (Wildman–Crippen LogP) is 4.14. The molecule has 0 unspecified atom stereocenters. The number of phenols is 1. The molecule has 3 aromatic rings. The Balaban J connectivity index is 1.72. The average molecular weight is 363 g/mol. The number of carbonyl (C=O) groups excluding carboxylic acids is 2. The Labute approximate surface area is 155 Å². The summed E-state index contributed by atoms with van der Waals surface area (Å²) in [5.74, 6) is -0.0754. The van der Waals surface area contributed by atoms with E-state index in [1.165, 1.54) is 25.5 Å². The zero-order chi connectivity index (χ0) is 19.2. The fourth-order valence-corrected chi connectivity index (χ4v) is 2.42. The van der Waals surface area contributed by atoms with Gasteiger partial charge < -0.3 is 19.6 Å². The van der Waals surface area contributed by atoms with Gasteiger partial charge in [-0.05, 0) is 48.0 Å². The second kappa shape index (κ2) is 8.05. The van der Waals surface area contributed by atoms with Crippen LogP contribution in [0, 0.1) is 0 Å². The quantitative estimate of drug-likeness (QED) is 0.507. The van der Waals surface area contributed by atoms with Gasteiger partial charge in [0.25, 0.3) is 5.91 Å². The molecule has 0 spiro atoms. The van der Waals surface area contributed by atoms with Crippen LogP contribution in [-0.2, 0) is 0 Å². The van der Waals surface area contributed by atoms with E-state index < -0.39 is 5.91 Å². The highest BCUT2D eigenvalue weighted by atomic mass is 16.5. The summed E-state index contributed by atoms with van der Waals surface area (Å²) in [6.07, 6.45) is 4.45. The number of anilines is 1. The second-order valence-corrected chi connectivity index (χ2v) is 5.64. The lowest BCUT2D eigenvalue weighted by Gasteiger charge is -2.05. The molecule has 0 bridgehead atoms. The number of ether oxygens (including phenoxy) is 1. The molecule has 6 nitrogen and oxygen atoms in total. The lowest BCUT2D eigenvalue weighted by Crippen LogP contribution is -2.11. The van der Waals surface area contributed by atoms with Crippen LogP contribution in [0.5, 0.6) is 11.5 Å². The largest absolute Gasteiger partial charge is 0.504 e. The van der Waals surface area contributed by atoms with Gasteiger partial charge in [0, 0.05) is 11.3 Å². The number of ketones is 1. The summed E-state index contributed by atoms with van der Waals surface area (Å²) in [6.45, 7) is 0. The van der Waals surface area contributed by atoms with Gasteiger partial charge in [-0.3, -0.25) is 9.59 Å². The number of allylic oxidation sites excluding steroid dienone is 1. The van der Waals surface area contributed by atoms with Crippen LogP contribution in [0.25, 0.3) is 6.08 Å². The molecule has 136 valence electrons. The van der Waals surface area contributed by atoms with Crippen molar-refractivity contribution in [3.63, 3.8) is 0 Å². The van der Waals surface area contributed by atoms with Crippen LogP contribution in [-0.4, -0.2) is 23.9 Å². The standard InChI is InChI=1S/C21H17NO5/c1-26-20-12-14(8-10-18(20)24)7-9-17(23)15-4-2-5-16(13-15)22-21(25)19-6-3-11-27-19/h2-13,24H,1H3,(H,22,25)/b9-7+. The van der Waals surface area contributed by atoms with E-state index in [4.69, 9.17) is 9.15 Å². The van der Waals surface area contributed by atoms with E-state index in [9.17, 15) is 14.7 Å². The highest BCUT2D eigenvalue weighted by Crippen LogP contribution is 2.26. The Kier molecular flexibility index (Phi) is 5.37. The van der Waals surface area contributed by atoms with Crippen LogP contribution in [0.1, 0.15) is 26.5 Å². The van der Waals surface area contributed by atoms with Gasteiger partial charge in [-0.2, -0.15) is 0 Å². The van der Waals surface area contributed by atoms with E-state index in [0.717, 1.165) is 0 Å². The molecular weight excluding hydrogens is 346 g/mol. The van der Waals surface area contributed by atoms with Crippen molar-refractivity contribution in [1.29, 1.82) is 0 Å². The van der Waals surface area contributed by atoms with Crippen LogP contribution >= 0.6 is 0 Å². The van der Waals surface area contributed by atoms with Crippen LogP contribution in [0.4, 0.5) is 5.69 Å². The van der Waals surface area contributed by atoms with E-state index in [1.807, 2.05) is 0 Å². The molecule has 0 saturated heterocycles. The first-order valence-corrected chi connectivity index (χ1v) is 8.11. The molecule has 0 fully saturated rings. The molecule has 27 heavy (non-hydrogen) atoms. The zero-order valence-corrected chi connectivity index (χ0v) is 14.5. The van der Waals surface area contributed by atoms with E-state index in [2.05, 4.69) is 5.32 Å². The van der Waals surface area contributed by atoms with Crippen LogP contribution in [0.15, 0.2) is 71.4 Å². The van der Waals surface area contributed by atoms with Crippen molar-refractivity contribution in [2.45, 2.75) is 0 Å². The van der Waals surface area contributed by atoms with Gasteiger partial charge in [-0.25, -0.2) is 0 Å². The molecule has 0 saturated carbocycles. The van der Waals surface area contributed by atoms with Crippen molar-refractivity contribution < 1.29 is 23.8 Å². The molecule has 2 aromatic carbocycles. The maximum absolute atomic E-state index is 12.4. The summed E-state index contributed by atoms with van der Waals surface area (Å²) in [7, 11) is 1.45. The number of amides is 1. The summed E-state index contributed by atoms with van der Waals surface area (Å²) in [5, 5.41) is 12.3. The summed E-state index contributed by atoms with van der Waals surface area (Å²) in [4.78, 5) is 24.4. The molecule has 2 N–H and O–H groups in total. The Morgan fingerprint density at radius 1 is 1.11 bits per heavy atom. The minimum Gasteiger partial charge on any atom is -0.504 e. The first-order valence-electron chi connectivity index (χ1n) is 8.11. The number of methoxy groups -OCH3 is 1. The highest BCUT2D eigenvalue weighted by Gasteiger charge is 2.10. The SMILES string of the molecule is COc1cc(/C=C/C(=O)c2cccc(NC(=O)c3ccco3)c2)ccc1O.